The first-order valence-electron chi connectivity index (χ1n) is 6.10. The van der Waals surface area contributed by atoms with Gasteiger partial charge < -0.3 is 15.7 Å². The average molecular weight is 218 g/mol. The van der Waals surface area contributed by atoms with Gasteiger partial charge >= 0.3 is 0 Å². The zero-order chi connectivity index (χ0) is 11.1. The van der Waals surface area contributed by atoms with Gasteiger partial charge in [-0.25, -0.2) is 0 Å². The average Bonchev–Trinajstić information content (AvgIpc) is 2.66. The van der Waals surface area contributed by atoms with E-state index in [9.17, 15) is 5.11 Å². The molecular formula is C13H18N2O. The Kier molecular flexibility index (Phi) is 2.28. The molecule has 2 aliphatic rings. The molecule has 2 unspecified atom stereocenters. The summed E-state index contributed by atoms with van der Waals surface area (Å²) in [5.74, 6) is 0.362. The Balaban J connectivity index is 2.01. The van der Waals surface area contributed by atoms with Crippen molar-refractivity contribution in [1.82, 2.24) is 0 Å². The number of hydrogen-bond donors (Lipinski definition) is 2. The van der Waals surface area contributed by atoms with E-state index in [4.69, 9.17) is 5.73 Å². The monoisotopic (exact) mass is 218 g/mol. The molecule has 0 aliphatic carbocycles. The first-order valence-corrected chi connectivity index (χ1v) is 6.10. The van der Waals surface area contributed by atoms with Crippen molar-refractivity contribution in [2.75, 3.05) is 11.4 Å². The van der Waals surface area contributed by atoms with Gasteiger partial charge in [-0.05, 0) is 37.3 Å². The molecule has 1 saturated heterocycles. The third kappa shape index (κ3) is 1.39. The summed E-state index contributed by atoms with van der Waals surface area (Å²) < 4.78 is 0. The summed E-state index contributed by atoms with van der Waals surface area (Å²) in [4.78, 5) is 2.44. The van der Waals surface area contributed by atoms with E-state index in [2.05, 4.69) is 11.0 Å². The Labute approximate surface area is 95.9 Å². The van der Waals surface area contributed by atoms with Crippen LogP contribution in [0.3, 0.4) is 0 Å². The highest BCUT2D eigenvalue weighted by molar-refractivity contribution is 5.63. The molecule has 0 saturated carbocycles. The minimum atomic E-state index is 0.362. The van der Waals surface area contributed by atoms with Crippen LogP contribution >= 0.6 is 0 Å². The van der Waals surface area contributed by atoms with E-state index in [-0.39, 0.29) is 0 Å². The normalized spacial score (nSPS) is 27.7. The van der Waals surface area contributed by atoms with Crippen molar-refractivity contribution >= 4 is 5.69 Å². The first kappa shape index (κ1) is 9.97. The fourth-order valence-electron chi connectivity index (χ4n) is 3.21. The molecule has 2 heterocycles. The maximum atomic E-state index is 9.59. The van der Waals surface area contributed by atoms with Crippen LogP contribution in [-0.4, -0.2) is 23.7 Å². The summed E-state index contributed by atoms with van der Waals surface area (Å²) in [6.07, 6.45) is 4.84. The van der Waals surface area contributed by atoms with Crippen molar-refractivity contribution in [1.29, 1.82) is 0 Å². The molecule has 1 aromatic rings. The predicted molar refractivity (Wildman–Crippen MR) is 64.8 cm³/mol. The lowest BCUT2D eigenvalue weighted by Gasteiger charge is -2.39. The number of nitrogens with zero attached hydrogens (tertiary/aromatic N) is 1. The van der Waals surface area contributed by atoms with Crippen molar-refractivity contribution in [2.24, 2.45) is 5.73 Å². The summed E-state index contributed by atoms with van der Waals surface area (Å²) in [5, 5.41) is 9.59. The molecule has 1 aromatic carbocycles. The lowest BCUT2D eigenvalue weighted by Crippen LogP contribution is -2.48. The number of aromatic hydroxyl groups is 1. The molecule has 86 valence electrons. The van der Waals surface area contributed by atoms with Gasteiger partial charge in [-0.3, -0.25) is 0 Å². The fourth-order valence-corrected chi connectivity index (χ4v) is 3.21. The van der Waals surface area contributed by atoms with Gasteiger partial charge in [0.25, 0.3) is 0 Å². The van der Waals surface area contributed by atoms with E-state index in [1.165, 1.54) is 30.5 Å². The van der Waals surface area contributed by atoms with Gasteiger partial charge in [-0.2, -0.15) is 0 Å². The van der Waals surface area contributed by atoms with Crippen molar-refractivity contribution in [3.8, 4) is 5.75 Å². The van der Waals surface area contributed by atoms with Gasteiger partial charge in [0.05, 0.1) is 0 Å². The van der Waals surface area contributed by atoms with Crippen molar-refractivity contribution < 1.29 is 5.11 Å². The lowest BCUT2D eigenvalue weighted by atomic mass is 9.96. The maximum absolute atomic E-state index is 9.59. The number of phenolic OH excluding ortho intramolecular Hbond substituents is 1. The molecule has 0 spiro atoms. The minimum absolute atomic E-state index is 0.362. The molecule has 16 heavy (non-hydrogen) atoms. The smallest absolute Gasteiger partial charge is 0.117 e. The van der Waals surface area contributed by atoms with Gasteiger partial charge in [-0.1, -0.05) is 6.07 Å². The van der Waals surface area contributed by atoms with E-state index >= 15 is 0 Å². The van der Waals surface area contributed by atoms with Gasteiger partial charge in [0.2, 0.25) is 0 Å². The molecule has 0 bridgehead atoms. The van der Waals surface area contributed by atoms with Gasteiger partial charge in [0, 0.05) is 30.4 Å². The molecule has 1 fully saturated rings. The Bertz CT molecular complexity index is 399. The molecule has 0 radical (unpaired) electrons. The Morgan fingerprint density at radius 2 is 2.25 bits per heavy atom. The first-order chi connectivity index (χ1) is 7.79. The van der Waals surface area contributed by atoms with Gasteiger partial charge in [0.1, 0.15) is 5.75 Å². The second-order valence-electron chi connectivity index (χ2n) is 4.90. The Morgan fingerprint density at radius 1 is 1.38 bits per heavy atom. The van der Waals surface area contributed by atoms with E-state index < -0.39 is 0 Å². The number of rotatable bonds is 1. The van der Waals surface area contributed by atoms with E-state index in [1.54, 1.807) is 6.07 Å². The third-order valence-corrected chi connectivity index (χ3v) is 3.94. The van der Waals surface area contributed by atoms with Crippen LogP contribution in [-0.2, 0) is 6.42 Å². The summed E-state index contributed by atoms with van der Waals surface area (Å²) in [7, 11) is 0. The maximum Gasteiger partial charge on any atom is 0.117 e. The quantitative estimate of drug-likeness (QED) is 0.753. The van der Waals surface area contributed by atoms with Crippen LogP contribution in [0.2, 0.25) is 0 Å². The lowest BCUT2D eigenvalue weighted by molar-refractivity contribution is 0.398. The molecular weight excluding hydrogens is 200 g/mol. The van der Waals surface area contributed by atoms with E-state index in [1.807, 2.05) is 6.07 Å². The topological polar surface area (TPSA) is 49.5 Å². The number of piperidine rings is 1. The summed E-state index contributed by atoms with van der Waals surface area (Å²) in [6, 6.07) is 6.80. The third-order valence-electron chi connectivity index (χ3n) is 3.94. The highest BCUT2D eigenvalue weighted by Gasteiger charge is 2.36. The SMILES string of the molecule is NCC1CCCC2Cc3ccc(O)cc3N12. The van der Waals surface area contributed by atoms with Crippen LogP contribution in [0.4, 0.5) is 5.69 Å². The number of nitrogens with two attached hydrogens (primary N) is 1. The number of anilines is 1. The highest BCUT2D eigenvalue weighted by Crippen LogP contribution is 2.40. The van der Waals surface area contributed by atoms with Crippen LogP contribution in [0, 0.1) is 0 Å². The summed E-state index contributed by atoms with van der Waals surface area (Å²) in [5.41, 5.74) is 8.42. The van der Waals surface area contributed by atoms with Crippen molar-refractivity contribution in [2.45, 2.75) is 37.8 Å². The second kappa shape index (κ2) is 3.67. The van der Waals surface area contributed by atoms with Crippen LogP contribution in [0.5, 0.6) is 5.75 Å². The molecule has 3 rings (SSSR count). The molecule has 2 atom stereocenters. The van der Waals surface area contributed by atoms with Gasteiger partial charge in [0.15, 0.2) is 0 Å². The number of fused-ring (bicyclic) bond motifs is 3. The zero-order valence-electron chi connectivity index (χ0n) is 9.39. The molecule has 3 heteroatoms. The molecule has 3 nitrogen and oxygen atoms in total. The van der Waals surface area contributed by atoms with Crippen LogP contribution in [0.1, 0.15) is 24.8 Å². The highest BCUT2D eigenvalue weighted by atomic mass is 16.3. The predicted octanol–water partition coefficient (Wildman–Crippen LogP) is 1.63. The number of benzene rings is 1. The Hall–Kier alpha value is -1.22. The van der Waals surface area contributed by atoms with Crippen molar-refractivity contribution in [3.05, 3.63) is 23.8 Å². The molecule has 2 aliphatic heterocycles. The van der Waals surface area contributed by atoms with E-state index in [0.29, 0.717) is 24.4 Å². The van der Waals surface area contributed by atoms with E-state index in [0.717, 1.165) is 6.42 Å². The fraction of sp³-hybridized carbons (Fsp3) is 0.538. The van der Waals surface area contributed by atoms with Crippen LogP contribution in [0.25, 0.3) is 0 Å². The summed E-state index contributed by atoms with van der Waals surface area (Å²) >= 11 is 0. The van der Waals surface area contributed by atoms with Crippen LogP contribution in [0.15, 0.2) is 18.2 Å². The summed E-state index contributed by atoms with van der Waals surface area (Å²) in [6.45, 7) is 0.714. The molecule has 0 aromatic heterocycles. The second-order valence-corrected chi connectivity index (χ2v) is 4.90. The van der Waals surface area contributed by atoms with Crippen LogP contribution < -0.4 is 10.6 Å². The molecule has 0 amide bonds. The number of phenols is 1. The zero-order valence-corrected chi connectivity index (χ0v) is 9.39. The van der Waals surface area contributed by atoms with Crippen molar-refractivity contribution in [3.63, 3.8) is 0 Å². The largest absolute Gasteiger partial charge is 0.508 e. The van der Waals surface area contributed by atoms with Gasteiger partial charge in [-0.15, -0.1) is 0 Å². The number of hydrogen-bond acceptors (Lipinski definition) is 3. The molecule has 3 N–H and O–H groups in total. The Morgan fingerprint density at radius 3 is 3.06 bits per heavy atom. The standard InChI is InChI=1S/C13H18N2O/c14-8-11-3-1-2-10-6-9-4-5-12(16)7-13(9)15(10)11/h4-5,7,10-11,16H,1-3,6,8,14H2. The minimum Gasteiger partial charge on any atom is -0.508 e.